The van der Waals surface area contributed by atoms with Crippen LogP contribution in [0.1, 0.15) is 31.4 Å². The normalized spacial score (nSPS) is 12.6. The van der Waals surface area contributed by atoms with Gasteiger partial charge in [0.25, 0.3) is 0 Å². The first-order valence-corrected chi connectivity index (χ1v) is 6.52. The van der Waals surface area contributed by atoms with E-state index in [0.29, 0.717) is 5.92 Å². The molecule has 0 aliphatic heterocycles. The second kappa shape index (κ2) is 6.92. The van der Waals surface area contributed by atoms with Crippen molar-refractivity contribution in [2.75, 3.05) is 18.5 Å². The van der Waals surface area contributed by atoms with Gasteiger partial charge in [0.15, 0.2) is 0 Å². The van der Waals surface area contributed by atoms with Gasteiger partial charge in [-0.2, -0.15) is 0 Å². The Balaban J connectivity index is 2.85. The minimum absolute atomic E-state index is 0.623. The molecule has 0 aromatic carbocycles. The number of nitrogens with zero attached hydrogens (tertiary/aromatic N) is 2. The van der Waals surface area contributed by atoms with Gasteiger partial charge in [-0.25, -0.2) is 9.78 Å². The van der Waals surface area contributed by atoms with E-state index < -0.39 is 5.97 Å². The number of anilines is 1. The molecule has 1 atom stereocenters. The SMILES string of the molecule is CCC(C)CN(C)c1ncc(/C=C/C(=O)O)cc1C. The number of hydrogen-bond donors (Lipinski definition) is 1. The summed E-state index contributed by atoms with van der Waals surface area (Å²) in [5, 5.41) is 8.60. The lowest BCUT2D eigenvalue weighted by molar-refractivity contribution is -0.131. The molecule has 1 aromatic heterocycles. The number of aromatic nitrogens is 1. The third-order valence-corrected chi connectivity index (χ3v) is 3.13. The minimum Gasteiger partial charge on any atom is -0.478 e. The molecule has 1 rings (SSSR count). The van der Waals surface area contributed by atoms with E-state index in [9.17, 15) is 4.79 Å². The van der Waals surface area contributed by atoms with Crippen molar-refractivity contribution >= 4 is 17.9 Å². The lowest BCUT2D eigenvalue weighted by Gasteiger charge is -2.23. The molecule has 4 nitrogen and oxygen atoms in total. The third-order valence-electron chi connectivity index (χ3n) is 3.13. The van der Waals surface area contributed by atoms with Crippen molar-refractivity contribution in [3.05, 3.63) is 29.5 Å². The standard InChI is InChI=1S/C15H22N2O2/c1-5-11(2)10-17(4)15-12(3)8-13(9-16-15)6-7-14(18)19/h6-9,11H,5,10H2,1-4H3,(H,18,19)/b7-6+. The van der Waals surface area contributed by atoms with Gasteiger partial charge in [-0.05, 0) is 36.1 Å². The molecule has 1 aromatic rings. The van der Waals surface area contributed by atoms with E-state index in [-0.39, 0.29) is 0 Å². The number of hydrogen-bond acceptors (Lipinski definition) is 3. The molecule has 0 bridgehead atoms. The predicted octanol–water partition coefficient (Wildman–Crippen LogP) is 2.97. The number of carboxylic acids is 1. The molecule has 1 heterocycles. The Labute approximate surface area is 114 Å². The van der Waals surface area contributed by atoms with Crippen LogP contribution in [0.5, 0.6) is 0 Å². The van der Waals surface area contributed by atoms with Gasteiger partial charge in [0.05, 0.1) is 0 Å². The molecule has 1 unspecified atom stereocenters. The first kappa shape index (κ1) is 15.2. The zero-order valence-corrected chi connectivity index (χ0v) is 12.1. The zero-order chi connectivity index (χ0) is 14.4. The molecule has 0 spiro atoms. The van der Waals surface area contributed by atoms with Gasteiger partial charge in [-0.1, -0.05) is 20.3 Å². The fourth-order valence-corrected chi connectivity index (χ4v) is 1.93. The summed E-state index contributed by atoms with van der Waals surface area (Å²) in [6.07, 6.45) is 5.53. The number of pyridine rings is 1. The maximum absolute atomic E-state index is 10.5. The van der Waals surface area contributed by atoms with Crippen LogP contribution in [-0.2, 0) is 4.79 Å². The van der Waals surface area contributed by atoms with Crippen LogP contribution < -0.4 is 4.90 Å². The lowest BCUT2D eigenvalue weighted by atomic mass is 10.1. The summed E-state index contributed by atoms with van der Waals surface area (Å²) in [7, 11) is 2.04. The van der Waals surface area contributed by atoms with Crippen molar-refractivity contribution in [2.24, 2.45) is 5.92 Å². The monoisotopic (exact) mass is 262 g/mol. The molecule has 0 amide bonds. The van der Waals surface area contributed by atoms with E-state index in [1.54, 1.807) is 12.3 Å². The smallest absolute Gasteiger partial charge is 0.328 e. The average Bonchev–Trinajstić information content (AvgIpc) is 2.35. The Morgan fingerprint density at radius 3 is 2.79 bits per heavy atom. The Kier molecular flexibility index (Phi) is 5.55. The molecule has 0 aliphatic carbocycles. The molecule has 0 saturated heterocycles. The first-order valence-electron chi connectivity index (χ1n) is 6.52. The quantitative estimate of drug-likeness (QED) is 0.801. The van der Waals surface area contributed by atoms with Crippen LogP contribution >= 0.6 is 0 Å². The highest BCUT2D eigenvalue weighted by molar-refractivity contribution is 5.85. The Morgan fingerprint density at radius 1 is 1.58 bits per heavy atom. The Morgan fingerprint density at radius 2 is 2.26 bits per heavy atom. The highest BCUT2D eigenvalue weighted by Crippen LogP contribution is 2.19. The van der Waals surface area contributed by atoms with Crippen LogP contribution in [0.25, 0.3) is 6.08 Å². The van der Waals surface area contributed by atoms with Crippen molar-refractivity contribution in [1.29, 1.82) is 0 Å². The molecule has 0 radical (unpaired) electrons. The van der Waals surface area contributed by atoms with Crippen molar-refractivity contribution < 1.29 is 9.90 Å². The van der Waals surface area contributed by atoms with Crippen LogP contribution in [0.3, 0.4) is 0 Å². The second-order valence-corrected chi connectivity index (χ2v) is 4.97. The minimum atomic E-state index is -0.949. The molecule has 0 saturated carbocycles. The number of rotatable bonds is 6. The summed E-state index contributed by atoms with van der Waals surface area (Å²) in [5.74, 6) is 0.626. The van der Waals surface area contributed by atoms with E-state index >= 15 is 0 Å². The van der Waals surface area contributed by atoms with Gasteiger partial charge in [0, 0.05) is 25.9 Å². The third kappa shape index (κ3) is 4.73. The van der Waals surface area contributed by atoms with Crippen LogP contribution in [0.2, 0.25) is 0 Å². The van der Waals surface area contributed by atoms with Gasteiger partial charge in [0.2, 0.25) is 0 Å². The molecule has 0 fully saturated rings. The highest BCUT2D eigenvalue weighted by atomic mass is 16.4. The molecular weight excluding hydrogens is 240 g/mol. The summed E-state index contributed by atoms with van der Waals surface area (Å²) < 4.78 is 0. The fourth-order valence-electron chi connectivity index (χ4n) is 1.93. The van der Waals surface area contributed by atoms with Crippen molar-refractivity contribution in [2.45, 2.75) is 27.2 Å². The van der Waals surface area contributed by atoms with E-state index in [1.165, 1.54) is 0 Å². The van der Waals surface area contributed by atoms with Gasteiger partial charge < -0.3 is 10.0 Å². The lowest BCUT2D eigenvalue weighted by Crippen LogP contribution is -2.25. The Bertz CT molecular complexity index is 469. The number of aliphatic carboxylic acids is 1. The molecule has 19 heavy (non-hydrogen) atoms. The van der Waals surface area contributed by atoms with Crippen LogP contribution in [0.15, 0.2) is 18.3 Å². The number of carbonyl (C=O) groups is 1. The van der Waals surface area contributed by atoms with E-state index in [1.807, 2.05) is 20.0 Å². The van der Waals surface area contributed by atoms with Crippen molar-refractivity contribution in [3.8, 4) is 0 Å². The topological polar surface area (TPSA) is 53.4 Å². The van der Waals surface area contributed by atoms with Gasteiger partial charge >= 0.3 is 5.97 Å². The molecule has 104 valence electrons. The molecular formula is C15H22N2O2. The second-order valence-electron chi connectivity index (χ2n) is 4.97. The van der Waals surface area contributed by atoms with Gasteiger partial charge in [-0.3, -0.25) is 0 Å². The van der Waals surface area contributed by atoms with Gasteiger partial charge in [-0.15, -0.1) is 0 Å². The predicted molar refractivity (Wildman–Crippen MR) is 78.4 cm³/mol. The van der Waals surface area contributed by atoms with Crippen LogP contribution in [-0.4, -0.2) is 29.7 Å². The number of aryl methyl sites for hydroxylation is 1. The van der Waals surface area contributed by atoms with Crippen LogP contribution in [0.4, 0.5) is 5.82 Å². The van der Waals surface area contributed by atoms with E-state index in [2.05, 4.69) is 23.7 Å². The number of carboxylic acid groups (broad SMARTS) is 1. The largest absolute Gasteiger partial charge is 0.478 e. The maximum Gasteiger partial charge on any atom is 0.328 e. The maximum atomic E-state index is 10.5. The average molecular weight is 262 g/mol. The summed E-state index contributed by atoms with van der Waals surface area (Å²) in [6, 6.07) is 1.95. The van der Waals surface area contributed by atoms with Crippen molar-refractivity contribution in [1.82, 2.24) is 4.98 Å². The van der Waals surface area contributed by atoms with Crippen molar-refractivity contribution in [3.63, 3.8) is 0 Å². The zero-order valence-electron chi connectivity index (χ0n) is 12.1. The summed E-state index contributed by atoms with van der Waals surface area (Å²) in [5.41, 5.74) is 1.86. The summed E-state index contributed by atoms with van der Waals surface area (Å²) in [6.45, 7) is 7.36. The first-order chi connectivity index (χ1) is 8.93. The molecule has 1 N–H and O–H groups in total. The summed E-state index contributed by atoms with van der Waals surface area (Å²) >= 11 is 0. The fraction of sp³-hybridized carbons (Fsp3) is 0.467. The Hall–Kier alpha value is -1.84. The van der Waals surface area contributed by atoms with Gasteiger partial charge in [0.1, 0.15) is 5.82 Å². The van der Waals surface area contributed by atoms with E-state index in [4.69, 9.17) is 5.11 Å². The highest BCUT2D eigenvalue weighted by Gasteiger charge is 2.09. The molecule has 4 heteroatoms. The van der Waals surface area contributed by atoms with E-state index in [0.717, 1.165) is 36.0 Å². The molecule has 0 aliphatic rings. The van der Waals surface area contributed by atoms with Crippen LogP contribution in [0, 0.1) is 12.8 Å². The summed E-state index contributed by atoms with van der Waals surface area (Å²) in [4.78, 5) is 17.0.